The Balaban J connectivity index is 2.43. The number of benzene rings is 1. The molecular weight excluding hydrogens is 240 g/mol. The van der Waals surface area contributed by atoms with Crippen LogP contribution in [0.1, 0.15) is 18.2 Å². The van der Waals surface area contributed by atoms with Crippen molar-refractivity contribution in [1.82, 2.24) is 9.97 Å². The van der Waals surface area contributed by atoms with Crippen LogP contribution in [0.2, 0.25) is 0 Å². The number of aryl methyl sites for hydroxylation is 1. The highest BCUT2D eigenvalue weighted by Crippen LogP contribution is 2.29. The standard InChI is InChI=1S/C14H14N4O/c1-3-18(13-6-12(19)5-4-10(13)2)14-9-16-11(7-15)8-17-14/h4-6,8-9,19H,3H2,1-2H3. The Morgan fingerprint density at radius 2 is 2.11 bits per heavy atom. The lowest BCUT2D eigenvalue weighted by molar-refractivity contribution is 0.475. The van der Waals surface area contributed by atoms with E-state index < -0.39 is 0 Å². The Bertz CT molecular complexity index is 616. The molecule has 19 heavy (non-hydrogen) atoms. The number of aromatic nitrogens is 2. The summed E-state index contributed by atoms with van der Waals surface area (Å²) < 4.78 is 0. The van der Waals surface area contributed by atoms with Gasteiger partial charge in [-0.3, -0.25) is 0 Å². The fraction of sp³-hybridized carbons (Fsp3) is 0.214. The summed E-state index contributed by atoms with van der Waals surface area (Å²) in [6, 6.07) is 7.13. The summed E-state index contributed by atoms with van der Waals surface area (Å²) in [5.74, 6) is 0.857. The zero-order valence-corrected chi connectivity index (χ0v) is 10.8. The molecule has 2 aromatic rings. The maximum Gasteiger partial charge on any atom is 0.158 e. The number of phenols is 1. The van der Waals surface area contributed by atoms with Crippen molar-refractivity contribution >= 4 is 11.5 Å². The first kappa shape index (κ1) is 12.8. The van der Waals surface area contributed by atoms with Crippen LogP contribution in [0, 0.1) is 18.3 Å². The molecular formula is C14H14N4O. The monoisotopic (exact) mass is 254 g/mol. The number of aromatic hydroxyl groups is 1. The molecule has 0 saturated heterocycles. The van der Waals surface area contributed by atoms with Crippen LogP contribution in [0.25, 0.3) is 0 Å². The molecule has 1 aromatic carbocycles. The van der Waals surface area contributed by atoms with E-state index in [2.05, 4.69) is 9.97 Å². The van der Waals surface area contributed by atoms with Crippen LogP contribution >= 0.6 is 0 Å². The van der Waals surface area contributed by atoms with Crippen LogP contribution in [0.3, 0.4) is 0 Å². The van der Waals surface area contributed by atoms with Crippen molar-refractivity contribution in [2.75, 3.05) is 11.4 Å². The molecule has 0 saturated carbocycles. The van der Waals surface area contributed by atoms with Gasteiger partial charge >= 0.3 is 0 Å². The minimum Gasteiger partial charge on any atom is -0.508 e. The molecule has 1 N–H and O–H groups in total. The van der Waals surface area contributed by atoms with Gasteiger partial charge in [-0.25, -0.2) is 9.97 Å². The lowest BCUT2D eigenvalue weighted by Gasteiger charge is -2.23. The van der Waals surface area contributed by atoms with Gasteiger partial charge in [-0.05, 0) is 25.5 Å². The van der Waals surface area contributed by atoms with Crippen molar-refractivity contribution in [2.24, 2.45) is 0 Å². The minimum absolute atomic E-state index is 0.209. The van der Waals surface area contributed by atoms with Crippen LogP contribution in [-0.4, -0.2) is 21.6 Å². The maximum atomic E-state index is 9.61. The molecule has 0 bridgehead atoms. The van der Waals surface area contributed by atoms with Gasteiger partial charge in [0.05, 0.1) is 12.4 Å². The number of hydrogen-bond donors (Lipinski definition) is 1. The lowest BCUT2D eigenvalue weighted by atomic mass is 10.1. The second-order valence-corrected chi connectivity index (χ2v) is 4.09. The second-order valence-electron chi connectivity index (χ2n) is 4.09. The first-order valence-electron chi connectivity index (χ1n) is 5.95. The topological polar surface area (TPSA) is 73.0 Å². The number of nitriles is 1. The van der Waals surface area contributed by atoms with E-state index in [0.717, 1.165) is 11.3 Å². The molecule has 0 aliphatic heterocycles. The quantitative estimate of drug-likeness (QED) is 0.911. The first-order chi connectivity index (χ1) is 9.15. The van der Waals surface area contributed by atoms with Crippen molar-refractivity contribution in [1.29, 1.82) is 5.26 Å². The summed E-state index contributed by atoms with van der Waals surface area (Å²) in [4.78, 5) is 10.2. The molecule has 5 nitrogen and oxygen atoms in total. The van der Waals surface area contributed by atoms with E-state index in [9.17, 15) is 5.11 Å². The molecule has 1 aromatic heterocycles. The van der Waals surface area contributed by atoms with Crippen LogP contribution in [0.5, 0.6) is 5.75 Å². The molecule has 1 heterocycles. The number of hydrogen-bond acceptors (Lipinski definition) is 5. The van der Waals surface area contributed by atoms with Gasteiger partial charge in [0.25, 0.3) is 0 Å². The van der Waals surface area contributed by atoms with Gasteiger partial charge in [0.15, 0.2) is 11.5 Å². The predicted octanol–water partition coefficient (Wildman–Crippen LogP) is 2.52. The molecule has 0 fully saturated rings. The van der Waals surface area contributed by atoms with Gasteiger partial charge in [0, 0.05) is 18.3 Å². The molecule has 96 valence electrons. The SMILES string of the molecule is CCN(c1cnc(C#N)cn1)c1cc(O)ccc1C. The van der Waals surface area contributed by atoms with Crippen molar-refractivity contribution < 1.29 is 5.11 Å². The summed E-state index contributed by atoms with van der Waals surface area (Å²) >= 11 is 0. The highest BCUT2D eigenvalue weighted by Gasteiger charge is 2.12. The Kier molecular flexibility index (Phi) is 3.62. The Morgan fingerprint density at radius 3 is 2.68 bits per heavy atom. The van der Waals surface area contributed by atoms with Gasteiger partial charge in [-0.15, -0.1) is 0 Å². The molecule has 0 spiro atoms. The third-order valence-electron chi connectivity index (χ3n) is 2.83. The van der Waals surface area contributed by atoms with Gasteiger partial charge < -0.3 is 10.0 Å². The molecule has 0 unspecified atom stereocenters. The zero-order chi connectivity index (χ0) is 13.8. The molecule has 0 aliphatic carbocycles. The van der Waals surface area contributed by atoms with E-state index in [4.69, 9.17) is 5.26 Å². The van der Waals surface area contributed by atoms with Gasteiger partial charge in [0.1, 0.15) is 11.8 Å². The van der Waals surface area contributed by atoms with E-state index in [-0.39, 0.29) is 11.4 Å². The third kappa shape index (κ3) is 2.63. The summed E-state index contributed by atoms with van der Waals surface area (Å²) in [6.45, 7) is 4.64. The van der Waals surface area contributed by atoms with Gasteiger partial charge in [-0.1, -0.05) is 6.07 Å². The first-order valence-corrected chi connectivity index (χ1v) is 5.95. The highest BCUT2D eigenvalue weighted by atomic mass is 16.3. The van der Waals surface area contributed by atoms with Crippen LogP contribution in [0.15, 0.2) is 30.6 Å². The summed E-state index contributed by atoms with van der Waals surface area (Å²) in [7, 11) is 0. The van der Waals surface area contributed by atoms with Crippen molar-refractivity contribution in [3.8, 4) is 11.8 Å². The number of phenolic OH excluding ortho intramolecular Hbond substituents is 1. The fourth-order valence-corrected chi connectivity index (χ4v) is 1.86. The highest BCUT2D eigenvalue weighted by molar-refractivity contribution is 5.64. The smallest absolute Gasteiger partial charge is 0.158 e. The molecule has 0 radical (unpaired) electrons. The molecule has 0 aliphatic rings. The van der Waals surface area contributed by atoms with E-state index in [1.165, 1.54) is 6.20 Å². The third-order valence-corrected chi connectivity index (χ3v) is 2.83. The fourth-order valence-electron chi connectivity index (χ4n) is 1.86. The average molecular weight is 254 g/mol. The Morgan fingerprint density at radius 1 is 1.32 bits per heavy atom. The normalized spacial score (nSPS) is 9.95. The summed E-state index contributed by atoms with van der Waals surface area (Å²) in [5.41, 5.74) is 2.19. The van der Waals surface area contributed by atoms with E-state index in [0.29, 0.717) is 12.4 Å². The van der Waals surface area contributed by atoms with Crippen molar-refractivity contribution in [3.05, 3.63) is 41.9 Å². The predicted molar refractivity (Wildman–Crippen MR) is 72.3 cm³/mol. The van der Waals surface area contributed by atoms with Crippen molar-refractivity contribution in [2.45, 2.75) is 13.8 Å². The number of anilines is 2. The zero-order valence-electron chi connectivity index (χ0n) is 10.8. The molecule has 2 rings (SSSR count). The lowest BCUT2D eigenvalue weighted by Crippen LogP contribution is -2.18. The summed E-state index contributed by atoms with van der Waals surface area (Å²) in [5, 5.41) is 18.3. The number of nitrogens with zero attached hydrogens (tertiary/aromatic N) is 4. The largest absolute Gasteiger partial charge is 0.508 e. The number of rotatable bonds is 3. The Hall–Kier alpha value is -2.61. The molecule has 5 heteroatoms. The van der Waals surface area contributed by atoms with Crippen LogP contribution < -0.4 is 4.90 Å². The second kappa shape index (κ2) is 5.36. The summed E-state index contributed by atoms with van der Waals surface area (Å²) in [6.07, 6.45) is 3.00. The van der Waals surface area contributed by atoms with Crippen LogP contribution in [0.4, 0.5) is 11.5 Å². The van der Waals surface area contributed by atoms with Gasteiger partial charge in [-0.2, -0.15) is 5.26 Å². The average Bonchev–Trinajstić information content (AvgIpc) is 2.44. The molecule has 0 atom stereocenters. The maximum absolute atomic E-state index is 9.61. The van der Waals surface area contributed by atoms with E-state index in [1.807, 2.05) is 30.9 Å². The van der Waals surface area contributed by atoms with E-state index >= 15 is 0 Å². The van der Waals surface area contributed by atoms with Crippen LogP contribution in [-0.2, 0) is 0 Å². The Labute approximate surface area is 111 Å². The minimum atomic E-state index is 0.209. The van der Waals surface area contributed by atoms with Gasteiger partial charge in [0.2, 0.25) is 0 Å². The van der Waals surface area contributed by atoms with Crippen molar-refractivity contribution in [3.63, 3.8) is 0 Å². The van der Waals surface area contributed by atoms with E-state index in [1.54, 1.807) is 18.3 Å². The molecule has 0 amide bonds.